The number of rotatable bonds is 6. The zero-order chi connectivity index (χ0) is 14.6. The van der Waals surface area contributed by atoms with Gasteiger partial charge in [0, 0.05) is 15.5 Å². The molecule has 3 atom stereocenters. The molecule has 0 aliphatic carbocycles. The quantitative estimate of drug-likeness (QED) is 0.832. The summed E-state index contributed by atoms with van der Waals surface area (Å²) in [5.74, 6) is 0.0916. The number of aliphatic hydroxyl groups excluding tert-OH is 2. The van der Waals surface area contributed by atoms with Gasteiger partial charge in [-0.1, -0.05) is 56.5 Å². The summed E-state index contributed by atoms with van der Waals surface area (Å²) in [6, 6.07) is 5.15. The van der Waals surface area contributed by atoms with E-state index in [9.17, 15) is 10.2 Å². The molecule has 2 N–H and O–H groups in total. The van der Waals surface area contributed by atoms with E-state index in [0.717, 1.165) is 18.4 Å². The number of halogens is 2. The molecule has 0 bridgehead atoms. The van der Waals surface area contributed by atoms with E-state index >= 15 is 0 Å². The molecule has 0 radical (unpaired) electrons. The Morgan fingerprint density at radius 2 is 1.95 bits per heavy atom. The fourth-order valence-electron chi connectivity index (χ4n) is 2.53. The minimum absolute atomic E-state index is 0.0916. The van der Waals surface area contributed by atoms with Crippen molar-refractivity contribution in [2.24, 2.45) is 5.92 Å². The van der Waals surface area contributed by atoms with Crippen LogP contribution in [-0.4, -0.2) is 22.9 Å². The van der Waals surface area contributed by atoms with Gasteiger partial charge in [-0.05, 0) is 30.0 Å². The first-order valence-electron chi connectivity index (χ1n) is 6.61. The standard InChI is InChI=1S/C15H22Cl2O2/c1-4-5-10(2)14(19)15(3,9-18)12-7-6-11(16)8-13(12)17/h6-8,10,14,18-19H,4-5,9H2,1-3H3. The maximum atomic E-state index is 10.6. The van der Waals surface area contributed by atoms with Crippen molar-refractivity contribution in [3.63, 3.8) is 0 Å². The van der Waals surface area contributed by atoms with Gasteiger partial charge in [0.2, 0.25) is 0 Å². The Morgan fingerprint density at radius 1 is 1.32 bits per heavy atom. The van der Waals surface area contributed by atoms with Crippen LogP contribution in [0.1, 0.15) is 39.2 Å². The highest BCUT2D eigenvalue weighted by atomic mass is 35.5. The highest BCUT2D eigenvalue weighted by Gasteiger charge is 2.38. The van der Waals surface area contributed by atoms with Crippen molar-refractivity contribution in [3.8, 4) is 0 Å². The molecular formula is C15H22Cl2O2. The molecular weight excluding hydrogens is 283 g/mol. The second kappa shape index (κ2) is 6.94. The largest absolute Gasteiger partial charge is 0.395 e. The molecule has 0 spiro atoms. The van der Waals surface area contributed by atoms with E-state index in [2.05, 4.69) is 6.92 Å². The van der Waals surface area contributed by atoms with Gasteiger partial charge in [-0.15, -0.1) is 0 Å². The molecule has 0 saturated heterocycles. The van der Waals surface area contributed by atoms with E-state index < -0.39 is 11.5 Å². The van der Waals surface area contributed by atoms with Crippen LogP contribution in [0.4, 0.5) is 0 Å². The fraction of sp³-hybridized carbons (Fsp3) is 0.600. The molecule has 0 amide bonds. The Labute approximate surface area is 125 Å². The summed E-state index contributed by atoms with van der Waals surface area (Å²) in [7, 11) is 0. The summed E-state index contributed by atoms with van der Waals surface area (Å²) in [6.45, 7) is 5.74. The average Bonchev–Trinajstić information content (AvgIpc) is 2.37. The van der Waals surface area contributed by atoms with Crippen molar-refractivity contribution in [1.29, 1.82) is 0 Å². The molecule has 3 unspecified atom stereocenters. The molecule has 108 valence electrons. The Hall–Kier alpha value is -0.280. The Kier molecular flexibility index (Phi) is 6.13. The normalized spacial score (nSPS) is 17.8. The van der Waals surface area contributed by atoms with Crippen LogP contribution >= 0.6 is 23.2 Å². The predicted octanol–water partition coefficient (Wildman–Crippen LogP) is 4.04. The van der Waals surface area contributed by atoms with E-state index in [1.54, 1.807) is 18.2 Å². The lowest BCUT2D eigenvalue weighted by molar-refractivity contribution is 0.00869. The minimum atomic E-state index is -0.781. The molecule has 0 aliphatic heterocycles. The molecule has 1 rings (SSSR count). The predicted molar refractivity (Wildman–Crippen MR) is 81.0 cm³/mol. The molecule has 0 saturated carbocycles. The van der Waals surface area contributed by atoms with Crippen LogP contribution in [0, 0.1) is 5.92 Å². The third kappa shape index (κ3) is 3.63. The number of aliphatic hydroxyl groups is 2. The van der Waals surface area contributed by atoms with Crippen LogP contribution < -0.4 is 0 Å². The van der Waals surface area contributed by atoms with E-state index in [-0.39, 0.29) is 12.5 Å². The molecule has 0 aliphatic rings. The number of benzene rings is 1. The molecule has 0 aromatic heterocycles. The third-order valence-electron chi connectivity index (χ3n) is 3.81. The highest BCUT2D eigenvalue weighted by Crippen LogP contribution is 2.37. The van der Waals surface area contributed by atoms with Gasteiger partial charge in [-0.3, -0.25) is 0 Å². The average molecular weight is 305 g/mol. The van der Waals surface area contributed by atoms with Gasteiger partial charge >= 0.3 is 0 Å². The maximum Gasteiger partial charge on any atom is 0.0682 e. The van der Waals surface area contributed by atoms with E-state index in [1.165, 1.54) is 0 Å². The lowest BCUT2D eigenvalue weighted by Gasteiger charge is -2.37. The zero-order valence-electron chi connectivity index (χ0n) is 11.7. The van der Waals surface area contributed by atoms with Crippen molar-refractivity contribution >= 4 is 23.2 Å². The summed E-state index contributed by atoms with van der Waals surface area (Å²) >= 11 is 12.1. The first-order chi connectivity index (χ1) is 8.86. The van der Waals surface area contributed by atoms with Crippen LogP contribution in [0.15, 0.2) is 18.2 Å². The Balaban J connectivity index is 3.15. The summed E-state index contributed by atoms with van der Waals surface area (Å²) in [5.41, 5.74) is -0.0486. The lowest BCUT2D eigenvalue weighted by atomic mass is 9.73. The van der Waals surface area contributed by atoms with E-state index in [0.29, 0.717) is 10.0 Å². The van der Waals surface area contributed by atoms with Crippen molar-refractivity contribution in [3.05, 3.63) is 33.8 Å². The molecule has 4 heteroatoms. The Morgan fingerprint density at radius 3 is 2.42 bits per heavy atom. The van der Waals surface area contributed by atoms with Crippen LogP contribution in [0.5, 0.6) is 0 Å². The first kappa shape index (κ1) is 16.8. The monoisotopic (exact) mass is 304 g/mol. The summed E-state index contributed by atoms with van der Waals surface area (Å²) in [4.78, 5) is 0. The van der Waals surface area contributed by atoms with Gasteiger partial charge in [0.1, 0.15) is 0 Å². The SMILES string of the molecule is CCCC(C)C(O)C(C)(CO)c1ccc(Cl)cc1Cl. The second-order valence-corrected chi connectivity index (χ2v) is 6.25. The van der Waals surface area contributed by atoms with Crippen molar-refractivity contribution in [2.45, 2.75) is 45.1 Å². The zero-order valence-corrected chi connectivity index (χ0v) is 13.2. The number of hydrogen-bond donors (Lipinski definition) is 2. The van der Waals surface area contributed by atoms with Crippen LogP contribution in [0.25, 0.3) is 0 Å². The van der Waals surface area contributed by atoms with Gasteiger partial charge in [0.15, 0.2) is 0 Å². The van der Waals surface area contributed by atoms with Crippen molar-refractivity contribution in [1.82, 2.24) is 0 Å². The molecule has 1 aromatic rings. The van der Waals surface area contributed by atoms with Crippen LogP contribution in [-0.2, 0) is 5.41 Å². The Bertz CT molecular complexity index is 423. The van der Waals surface area contributed by atoms with Crippen LogP contribution in [0.2, 0.25) is 10.0 Å². The van der Waals surface area contributed by atoms with Crippen molar-refractivity contribution < 1.29 is 10.2 Å². The van der Waals surface area contributed by atoms with Gasteiger partial charge in [-0.25, -0.2) is 0 Å². The summed E-state index contributed by atoms with van der Waals surface area (Å²) in [6.07, 6.45) is 1.24. The molecule has 0 fully saturated rings. The van der Waals surface area contributed by atoms with Crippen LogP contribution in [0.3, 0.4) is 0 Å². The smallest absolute Gasteiger partial charge is 0.0682 e. The summed E-state index contributed by atoms with van der Waals surface area (Å²) in [5, 5.41) is 21.4. The third-order valence-corrected chi connectivity index (χ3v) is 4.36. The van der Waals surface area contributed by atoms with E-state index in [4.69, 9.17) is 23.2 Å². The molecule has 19 heavy (non-hydrogen) atoms. The van der Waals surface area contributed by atoms with Gasteiger partial charge in [-0.2, -0.15) is 0 Å². The fourth-order valence-corrected chi connectivity index (χ4v) is 3.16. The molecule has 2 nitrogen and oxygen atoms in total. The second-order valence-electron chi connectivity index (χ2n) is 5.41. The topological polar surface area (TPSA) is 40.5 Å². The van der Waals surface area contributed by atoms with Crippen molar-refractivity contribution in [2.75, 3.05) is 6.61 Å². The highest BCUT2D eigenvalue weighted by molar-refractivity contribution is 6.35. The van der Waals surface area contributed by atoms with E-state index in [1.807, 2.05) is 13.8 Å². The maximum absolute atomic E-state index is 10.6. The summed E-state index contributed by atoms with van der Waals surface area (Å²) < 4.78 is 0. The molecule has 1 aromatic carbocycles. The molecule has 0 heterocycles. The lowest BCUT2D eigenvalue weighted by Crippen LogP contribution is -2.44. The van der Waals surface area contributed by atoms with Gasteiger partial charge < -0.3 is 10.2 Å². The number of hydrogen-bond acceptors (Lipinski definition) is 2. The first-order valence-corrected chi connectivity index (χ1v) is 7.36. The minimum Gasteiger partial charge on any atom is -0.395 e. The van der Waals surface area contributed by atoms with Gasteiger partial charge in [0.05, 0.1) is 12.7 Å². The van der Waals surface area contributed by atoms with Gasteiger partial charge in [0.25, 0.3) is 0 Å².